The molecule has 0 aliphatic carbocycles. The molecule has 1 fully saturated rings. The number of nitrogens with zero attached hydrogens (tertiary/aromatic N) is 2. The molecule has 0 aromatic carbocycles. The summed E-state index contributed by atoms with van der Waals surface area (Å²) in [6.07, 6.45) is -4.57. The van der Waals surface area contributed by atoms with Crippen LogP contribution in [0.2, 0.25) is 0 Å². The van der Waals surface area contributed by atoms with Gasteiger partial charge in [0.1, 0.15) is 0 Å². The molecule has 0 bridgehead atoms. The van der Waals surface area contributed by atoms with Crippen LogP contribution in [0.4, 0.5) is 13.2 Å². The van der Waals surface area contributed by atoms with E-state index in [9.17, 15) is 13.2 Å². The second kappa shape index (κ2) is 4.02. The third kappa shape index (κ3) is 2.03. The van der Waals surface area contributed by atoms with Gasteiger partial charge in [-0.15, -0.1) is 0 Å². The lowest BCUT2D eigenvalue weighted by Crippen LogP contribution is -2.31. The minimum Gasteiger partial charge on any atom is -0.379 e. The molecule has 1 aromatic heterocycles. The van der Waals surface area contributed by atoms with Crippen molar-refractivity contribution in [2.75, 3.05) is 20.3 Å². The molecule has 2 heterocycles. The summed E-state index contributed by atoms with van der Waals surface area (Å²) in [7, 11) is 1.70. The van der Waals surface area contributed by atoms with E-state index in [0.29, 0.717) is 6.61 Å². The van der Waals surface area contributed by atoms with Crippen LogP contribution in [0.25, 0.3) is 0 Å². The zero-order valence-electron chi connectivity index (χ0n) is 8.41. The van der Waals surface area contributed by atoms with Gasteiger partial charge in [-0.05, 0) is 7.05 Å². The maximum atomic E-state index is 12.2. The van der Waals surface area contributed by atoms with Crippen LogP contribution in [0.15, 0.2) is 4.52 Å². The molecule has 1 N–H and O–H groups in total. The normalized spacial score (nSPS) is 26.2. The first kappa shape index (κ1) is 11.3. The standard InChI is InChI=1S/C8H10F3N3O2/c1-12-5-3-15-2-4(5)6-13-7(14-16-6)8(9,10)11/h4-5,12H,2-3H2,1H3. The Morgan fingerprint density at radius 1 is 1.38 bits per heavy atom. The first-order valence-electron chi connectivity index (χ1n) is 4.68. The van der Waals surface area contributed by atoms with E-state index >= 15 is 0 Å². The Morgan fingerprint density at radius 2 is 2.12 bits per heavy atom. The lowest BCUT2D eigenvalue weighted by Gasteiger charge is -2.11. The number of aromatic nitrogens is 2. The Labute approximate surface area is 89.0 Å². The molecular formula is C8H10F3N3O2. The Balaban J connectivity index is 2.18. The highest BCUT2D eigenvalue weighted by Gasteiger charge is 2.40. The summed E-state index contributed by atoms with van der Waals surface area (Å²) in [5.74, 6) is -1.61. The van der Waals surface area contributed by atoms with E-state index in [1.54, 1.807) is 7.05 Å². The van der Waals surface area contributed by atoms with Crippen molar-refractivity contribution in [1.82, 2.24) is 15.5 Å². The van der Waals surface area contributed by atoms with Gasteiger partial charge in [-0.3, -0.25) is 0 Å². The number of alkyl halides is 3. The van der Waals surface area contributed by atoms with Crippen molar-refractivity contribution in [3.05, 3.63) is 11.7 Å². The van der Waals surface area contributed by atoms with Crippen molar-refractivity contribution in [3.63, 3.8) is 0 Å². The van der Waals surface area contributed by atoms with Crippen LogP contribution in [0.5, 0.6) is 0 Å². The number of likely N-dealkylation sites (N-methyl/N-ethyl adjacent to an activating group) is 1. The highest BCUT2D eigenvalue weighted by molar-refractivity contribution is 5.03. The minimum atomic E-state index is -4.57. The third-order valence-corrected chi connectivity index (χ3v) is 2.46. The van der Waals surface area contributed by atoms with E-state index < -0.39 is 12.0 Å². The van der Waals surface area contributed by atoms with E-state index in [1.165, 1.54) is 0 Å². The van der Waals surface area contributed by atoms with Crippen LogP contribution in [0.3, 0.4) is 0 Å². The molecule has 0 saturated carbocycles. The predicted molar refractivity (Wildman–Crippen MR) is 45.7 cm³/mol. The Morgan fingerprint density at radius 3 is 2.69 bits per heavy atom. The summed E-state index contributed by atoms with van der Waals surface area (Å²) >= 11 is 0. The molecular weight excluding hydrogens is 227 g/mol. The molecule has 0 spiro atoms. The topological polar surface area (TPSA) is 60.2 Å². The average Bonchev–Trinajstić information content (AvgIpc) is 2.84. The SMILES string of the molecule is CNC1COCC1c1nc(C(F)(F)F)no1. The molecule has 16 heavy (non-hydrogen) atoms. The number of rotatable bonds is 2. The van der Waals surface area contributed by atoms with Crippen LogP contribution in [-0.2, 0) is 10.9 Å². The summed E-state index contributed by atoms with van der Waals surface area (Å²) in [5.41, 5.74) is 0. The van der Waals surface area contributed by atoms with E-state index in [2.05, 4.69) is 20.0 Å². The average molecular weight is 237 g/mol. The molecule has 90 valence electrons. The van der Waals surface area contributed by atoms with Gasteiger partial charge < -0.3 is 14.6 Å². The van der Waals surface area contributed by atoms with Gasteiger partial charge in [0, 0.05) is 6.04 Å². The second-order valence-electron chi connectivity index (χ2n) is 3.49. The van der Waals surface area contributed by atoms with Crippen LogP contribution < -0.4 is 5.32 Å². The molecule has 8 heteroatoms. The van der Waals surface area contributed by atoms with Gasteiger partial charge in [0.05, 0.1) is 19.1 Å². The van der Waals surface area contributed by atoms with Crippen LogP contribution in [0.1, 0.15) is 17.6 Å². The van der Waals surface area contributed by atoms with Gasteiger partial charge >= 0.3 is 6.18 Å². The Kier molecular flexibility index (Phi) is 2.85. The quantitative estimate of drug-likeness (QED) is 0.824. The lowest BCUT2D eigenvalue weighted by molar-refractivity contribution is -0.146. The summed E-state index contributed by atoms with van der Waals surface area (Å²) in [4.78, 5) is 3.34. The molecule has 2 atom stereocenters. The zero-order valence-corrected chi connectivity index (χ0v) is 8.41. The highest BCUT2D eigenvalue weighted by atomic mass is 19.4. The van der Waals surface area contributed by atoms with Gasteiger partial charge in [0.2, 0.25) is 5.89 Å². The number of hydrogen-bond acceptors (Lipinski definition) is 5. The number of ether oxygens (including phenoxy) is 1. The molecule has 0 radical (unpaired) electrons. The van der Waals surface area contributed by atoms with Crippen molar-refractivity contribution in [1.29, 1.82) is 0 Å². The fourth-order valence-electron chi connectivity index (χ4n) is 1.58. The molecule has 1 aliphatic heterocycles. The molecule has 2 unspecified atom stereocenters. The first-order valence-corrected chi connectivity index (χ1v) is 4.68. The summed E-state index contributed by atoms with van der Waals surface area (Å²) < 4.78 is 46.5. The molecule has 2 rings (SSSR count). The predicted octanol–water partition coefficient (Wildman–Crippen LogP) is 0.790. The van der Waals surface area contributed by atoms with Crippen LogP contribution in [-0.4, -0.2) is 36.4 Å². The van der Waals surface area contributed by atoms with Crippen LogP contribution in [0, 0.1) is 0 Å². The summed E-state index contributed by atoms with van der Waals surface area (Å²) in [6.45, 7) is 0.704. The Hall–Kier alpha value is -1.15. The zero-order chi connectivity index (χ0) is 11.8. The van der Waals surface area contributed by atoms with Gasteiger partial charge in [0.25, 0.3) is 5.82 Å². The lowest BCUT2D eigenvalue weighted by atomic mass is 10.0. The molecule has 1 saturated heterocycles. The van der Waals surface area contributed by atoms with Crippen molar-refractivity contribution in [3.8, 4) is 0 Å². The fraction of sp³-hybridized carbons (Fsp3) is 0.750. The van der Waals surface area contributed by atoms with E-state index in [1.807, 2.05) is 0 Å². The molecule has 0 amide bonds. The van der Waals surface area contributed by atoms with Gasteiger partial charge in [-0.25, -0.2) is 0 Å². The van der Waals surface area contributed by atoms with Crippen LogP contribution >= 0.6 is 0 Å². The third-order valence-electron chi connectivity index (χ3n) is 2.46. The maximum absolute atomic E-state index is 12.2. The monoisotopic (exact) mass is 237 g/mol. The van der Waals surface area contributed by atoms with Crippen molar-refractivity contribution >= 4 is 0 Å². The van der Waals surface area contributed by atoms with Crippen molar-refractivity contribution in [2.24, 2.45) is 0 Å². The Bertz CT molecular complexity index is 366. The maximum Gasteiger partial charge on any atom is 0.455 e. The number of hydrogen-bond donors (Lipinski definition) is 1. The number of halogens is 3. The molecule has 1 aromatic rings. The van der Waals surface area contributed by atoms with Crippen molar-refractivity contribution < 1.29 is 22.4 Å². The highest BCUT2D eigenvalue weighted by Crippen LogP contribution is 2.30. The van der Waals surface area contributed by atoms with E-state index in [0.717, 1.165) is 0 Å². The van der Waals surface area contributed by atoms with Crippen molar-refractivity contribution in [2.45, 2.75) is 18.1 Å². The fourth-order valence-corrected chi connectivity index (χ4v) is 1.58. The number of nitrogens with one attached hydrogen (secondary N) is 1. The van der Waals surface area contributed by atoms with Gasteiger partial charge in [-0.1, -0.05) is 5.16 Å². The summed E-state index contributed by atoms with van der Waals surface area (Å²) in [6, 6.07) is -0.0958. The molecule has 1 aliphatic rings. The van der Waals surface area contributed by atoms with E-state index in [4.69, 9.17) is 4.74 Å². The van der Waals surface area contributed by atoms with E-state index in [-0.39, 0.29) is 24.5 Å². The largest absolute Gasteiger partial charge is 0.455 e. The van der Waals surface area contributed by atoms with Gasteiger partial charge in [0.15, 0.2) is 0 Å². The summed E-state index contributed by atoms with van der Waals surface area (Å²) in [5, 5.41) is 5.83. The first-order chi connectivity index (χ1) is 7.52. The second-order valence-corrected chi connectivity index (χ2v) is 3.49. The van der Waals surface area contributed by atoms with Gasteiger partial charge in [-0.2, -0.15) is 18.2 Å². The molecule has 5 nitrogen and oxygen atoms in total. The smallest absolute Gasteiger partial charge is 0.379 e. The minimum absolute atomic E-state index is 0.0378.